The van der Waals surface area contributed by atoms with Gasteiger partial charge in [-0.15, -0.1) is 6.58 Å². The number of carbonyl (C=O) groups is 1. The van der Waals surface area contributed by atoms with E-state index >= 15 is 0 Å². The van der Waals surface area contributed by atoms with Gasteiger partial charge in [-0.2, -0.15) is 0 Å². The Morgan fingerprint density at radius 2 is 1.83 bits per heavy atom. The van der Waals surface area contributed by atoms with Crippen molar-refractivity contribution in [3.05, 3.63) is 48.6 Å². The maximum atomic E-state index is 12.6. The highest BCUT2D eigenvalue weighted by molar-refractivity contribution is 5.69. The summed E-state index contributed by atoms with van der Waals surface area (Å²) in [5.41, 5.74) is 5.30. The van der Waals surface area contributed by atoms with Crippen molar-refractivity contribution in [2.45, 2.75) is 64.1 Å². The molecule has 1 heterocycles. The number of nitrogens with two attached hydrogens (primary N) is 1. The number of benzene rings is 1. The predicted octanol–water partition coefficient (Wildman–Crippen LogP) is 4.15. The molecule has 1 aromatic rings. The van der Waals surface area contributed by atoms with E-state index in [2.05, 4.69) is 24.4 Å². The topological polar surface area (TPSA) is 55.6 Å². The monoisotopic (exact) mass is 332 g/mol. The summed E-state index contributed by atoms with van der Waals surface area (Å²) in [6, 6.07) is 10.8. The first-order valence-electron chi connectivity index (χ1n) is 8.64. The minimum absolute atomic E-state index is 0.196. The fourth-order valence-electron chi connectivity index (χ4n) is 3.08. The summed E-state index contributed by atoms with van der Waals surface area (Å²) in [4.78, 5) is 14.6. The molecular weight excluding hydrogens is 300 g/mol. The van der Waals surface area contributed by atoms with Crippen LogP contribution in [0.4, 0.5) is 4.79 Å². The van der Waals surface area contributed by atoms with E-state index in [4.69, 9.17) is 4.74 Å². The zero-order valence-corrected chi connectivity index (χ0v) is 15.5. The molecule has 0 radical (unpaired) electrons. The predicted molar refractivity (Wildman–Crippen MR) is 100.0 cm³/mol. The lowest BCUT2D eigenvalue weighted by atomic mass is 10.0. The van der Waals surface area contributed by atoms with Crippen LogP contribution >= 0.6 is 0 Å². The number of nitrogens with zero attached hydrogens (tertiary/aromatic N) is 1. The van der Waals surface area contributed by atoms with Crippen molar-refractivity contribution >= 4 is 6.09 Å². The fraction of sp³-hybridized carbons (Fsp3) is 0.550. The van der Waals surface area contributed by atoms with Crippen LogP contribution in [-0.4, -0.2) is 35.7 Å². The highest BCUT2D eigenvalue weighted by Gasteiger charge is 2.38. The van der Waals surface area contributed by atoms with E-state index in [9.17, 15) is 4.79 Å². The Morgan fingerprint density at radius 3 is 2.38 bits per heavy atom. The summed E-state index contributed by atoms with van der Waals surface area (Å²) in [5, 5.41) is 0. The highest BCUT2D eigenvalue weighted by Crippen LogP contribution is 2.30. The molecule has 1 aliphatic rings. The van der Waals surface area contributed by atoms with Crippen molar-refractivity contribution in [2.24, 2.45) is 5.73 Å². The molecule has 0 bridgehead atoms. The molecule has 1 saturated heterocycles. The Bertz CT molecular complexity index is 508. The third kappa shape index (κ3) is 6.00. The standard InChI is InChI=1S/C19H27NO2.CH5N/c1-5-9-16-12-13-17(14-15-10-7-6-8-11-15)20(16)18(21)22-19(2,3)4;1-2/h5-8,10-11,16-17H,1,9,12-14H2,2-4H3;2H2,1H3/t16?,17-;/m1./s1. The molecule has 2 rings (SSSR count). The van der Waals surface area contributed by atoms with E-state index in [1.54, 1.807) is 0 Å². The fourth-order valence-corrected chi connectivity index (χ4v) is 3.08. The lowest BCUT2D eigenvalue weighted by Gasteiger charge is -2.32. The SMILES string of the molecule is C=CCC1CC[C@H](Cc2ccccc2)N1C(=O)OC(C)(C)C.CN. The van der Waals surface area contributed by atoms with Gasteiger partial charge in [0.1, 0.15) is 5.60 Å². The molecule has 4 nitrogen and oxygen atoms in total. The van der Waals surface area contributed by atoms with Crippen LogP contribution in [0, 0.1) is 0 Å². The summed E-state index contributed by atoms with van der Waals surface area (Å²) in [5.74, 6) is 0. The van der Waals surface area contributed by atoms with Crippen molar-refractivity contribution in [2.75, 3.05) is 7.05 Å². The first kappa shape index (κ1) is 20.2. The molecule has 0 aliphatic carbocycles. The first-order chi connectivity index (χ1) is 11.4. The summed E-state index contributed by atoms with van der Waals surface area (Å²) in [7, 11) is 1.50. The van der Waals surface area contributed by atoms with Crippen LogP contribution in [0.3, 0.4) is 0 Å². The lowest BCUT2D eigenvalue weighted by Crippen LogP contribution is -2.44. The van der Waals surface area contributed by atoms with E-state index in [0.29, 0.717) is 0 Å². The average molecular weight is 332 g/mol. The smallest absolute Gasteiger partial charge is 0.410 e. The Morgan fingerprint density at radius 1 is 1.25 bits per heavy atom. The molecule has 2 atom stereocenters. The maximum absolute atomic E-state index is 12.6. The molecule has 1 amide bonds. The molecule has 2 N–H and O–H groups in total. The van der Waals surface area contributed by atoms with Gasteiger partial charge in [0.25, 0.3) is 0 Å². The largest absolute Gasteiger partial charge is 0.444 e. The molecule has 0 spiro atoms. The Kier molecular flexibility index (Phi) is 7.99. The van der Waals surface area contributed by atoms with E-state index < -0.39 is 5.60 Å². The number of hydrogen-bond acceptors (Lipinski definition) is 3. The van der Waals surface area contributed by atoms with Gasteiger partial charge in [0.2, 0.25) is 0 Å². The normalized spacial score (nSPS) is 20.1. The van der Waals surface area contributed by atoms with Crippen LogP contribution in [0.25, 0.3) is 0 Å². The number of rotatable bonds is 4. The quantitative estimate of drug-likeness (QED) is 0.843. The maximum Gasteiger partial charge on any atom is 0.410 e. The van der Waals surface area contributed by atoms with Gasteiger partial charge < -0.3 is 15.4 Å². The molecule has 0 saturated carbocycles. The second kappa shape index (κ2) is 9.48. The number of hydrogen-bond donors (Lipinski definition) is 1. The van der Waals surface area contributed by atoms with Gasteiger partial charge in [0.05, 0.1) is 0 Å². The first-order valence-corrected chi connectivity index (χ1v) is 8.64. The average Bonchev–Trinajstić information content (AvgIpc) is 2.92. The summed E-state index contributed by atoms with van der Waals surface area (Å²) >= 11 is 0. The molecule has 24 heavy (non-hydrogen) atoms. The summed E-state index contributed by atoms with van der Waals surface area (Å²) < 4.78 is 5.62. The molecule has 0 aromatic heterocycles. The van der Waals surface area contributed by atoms with Crippen molar-refractivity contribution < 1.29 is 9.53 Å². The van der Waals surface area contributed by atoms with E-state index in [0.717, 1.165) is 25.7 Å². The van der Waals surface area contributed by atoms with Gasteiger partial charge in [0.15, 0.2) is 0 Å². The molecule has 1 unspecified atom stereocenters. The van der Waals surface area contributed by atoms with E-state index in [-0.39, 0.29) is 18.2 Å². The second-order valence-corrected chi connectivity index (χ2v) is 6.99. The molecule has 4 heteroatoms. The number of amides is 1. The lowest BCUT2D eigenvalue weighted by molar-refractivity contribution is 0.0149. The minimum Gasteiger partial charge on any atom is -0.444 e. The third-order valence-corrected chi connectivity index (χ3v) is 3.98. The molecular formula is C20H32N2O2. The highest BCUT2D eigenvalue weighted by atomic mass is 16.6. The van der Waals surface area contributed by atoms with Gasteiger partial charge in [0, 0.05) is 12.1 Å². The molecule has 1 aromatic carbocycles. The Labute approximate surface area is 146 Å². The number of ether oxygens (including phenoxy) is 1. The van der Waals surface area contributed by atoms with E-state index in [1.807, 2.05) is 49.9 Å². The van der Waals surface area contributed by atoms with E-state index in [1.165, 1.54) is 12.6 Å². The Hall–Kier alpha value is -1.81. The second-order valence-electron chi connectivity index (χ2n) is 6.99. The van der Waals surface area contributed by atoms with Crippen LogP contribution in [0.5, 0.6) is 0 Å². The van der Waals surface area contributed by atoms with Crippen molar-refractivity contribution in [3.8, 4) is 0 Å². The van der Waals surface area contributed by atoms with Gasteiger partial charge in [-0.25, -0.2) is 4.79 Å². The van der Waals surface area contributed by atoms with Gasteiger partial charge >= 0.3 is 6.09 Å². The Balaban J connectivity index is 0.00000139. The van der Waals surface area contributed by atoms with Crippen molar-refractivity contribution in [3.63, 3.8) is 0 Å². The molecule has 134 valence electrons. The van der Waals surface area contributed by atoms with Gasteiger partial charge in [-0.05, 0) is 59.1 Å². The summed E-state index contributed by atoms with van der Waals surface area (Å²) in [6.07, 6.45) is 5.44. The zero-order valence-electron chi connectivity index (χ0n) is 15.5. The van der Waals surface area contributed by atoms with Crippen LogP contribution in [0.15, 0.2) is 43.0 Å². The molecule has 1 aliphatic heterocycles. The van der Waals surface area contributed by atoms with Crippen molar-refractivity contribution in [1.29, 1.82) is 0 Å². The van der Waals surface area contributed by atoms with Crippen LogP contribution in [0.2, 0.25) is 0 Å². The van der Waals surface area contributed by atoms with Crippen molar-refractivity contribution in [1.82, 2.24) is 4.90 Å². The van der Waals surface area contributed by atoms with Crippen LogP contribution < -0.4 is 5.73 Å². The minimum atomic E-state index is -0.463. The number of carbonyl (C=O) groups excluding carboxylic acids is 1. The van der Waals surface area contributed by atoms with Crippen LogP contribution in [0.1, 0.15) is 45.6 Å². The zero-order chi connectivity index (χ0) is 18.2. The van der Waals surface area contributed by atoms with Gasteiger partial charge in [-0.3, -0.25) is 0 Å². The summed E-state index contributed by atoms with van der Waals surface area (Å²) in [6.45, 7) is 9.56. The number of likely N-dealkylation sites (tertiary alicyclic amines) is 1. The third-order valence-electron chi connectivity index (χ3n) is 3.98. The molecule has 1 fully saturated rings. The van der Waals surface area contributed by atoms with Gasteiger partial charge in [-0.1, -0.05) is 36.4 Å². The van der Waals surface area contributed by atoms with Crippen LogP contribution in [-0.2, 0) is 11.2 Å².